The van der Waals surface area contributed by atoms with E-state index in [-0.39, 0.29) is 17.6 Å². The van der Waals surface area contributed by atoms with Gasteiger partial charge >= 0.3 is 0 Å². The number of likely N-dealkylation sites (tertiary alicyclic amines) is 1. The summed E-state index contributed by atoms with van der Waals surface area (Å²) >= 11 is 0. The van der Waals surface area contributed by atoms with Gasteiger partial charge in [0.2, 0.25) is 11.9 Å². The number of carbonyl (C=O) groups excluding carboxylic acids is 1. The number of carbonyl (C=O) groups is 1. The molecular weight excluding hydrogens is 414 g/mol. The van der Waals surface area contributed by atoms with Crippen LogP contribution in [0.3, 0.4) is 0 Å². The molecule has 7 heteroatoms. The zero-order valence-electron chi connectivity index (χ0n) is 19.7. The summed E-state index contributed by atoms with van der Waals surface area (Å²) in [6.45, 7) is 7.22. The second-order valence-electron chi connectivity index (χ2n) is 9.75. The SMILES string of the molecule is CC(=O)N(c1ccccc1)[C@@H]1COC2(CCN(Cc3ccnc(N4CCCCC4)n3)CC2)C1. The van der Waals surface area contributed by atoms with Crippen molar-refractivity contribution in [3.63, 3.8) is 0 Å². The molecule has 5 rings (SSSR count). The van der Waals surface area contributed by atoms with Crippen molar-refractivity contribution < 1.29 is 9.53 Å². The van der Waals surface area contributed by atoms with Gasteiger partial charge in [0.05, 0.1) is 23.9 Å². The van der Waals surface area contributed by atoms with E-state index in [4.69, 9.17) is 9.72 Å². The smallest absolute Gasteiger partial charge is 0.225 e. The molecule has 1 atom stereocenters. The molecule has 33 heavy (non-hydrogen) atoms. The van der Waals surface area contributed by atoms with E-state index in [1.165, 1.54) is 19.3 Å². The number of anilines is 2. The highest BCUT2D eigenvalue weighted by molar-refractivity contribution is 5.92. The van der Waals surface area contributed by atoms with Crippen LogP contribution in [-0.4, -0.2) is 65.2 Å². The average molecular weight is 450 g/mol. The monoisotopic (exact) mass is 449 g/mol. The van der Waals surface area contributed by atoms with Gasteiger partial charge in [0.25, 0.3) is 0 Å². The number of piperidine rings is 2. The largest absolute Gasteiger partial charge is 0.373 e. The third-order valence-electron chi connectivity index (χ3n) is 7.42. The molecule has 0 saturated carbocycles. The number of hydrogen-bond donors (Lipinski definition) is 0. The van der Waals surface area contributed by atoms with Gasteiger partial charge in [-0.25, -0.2) is 9.97 Å². The number of aromatic nitrogens is 2. The Kier molecular flexibility index (Phi) is 6.60. The molecule has 0 aliphatic carbocycles. The maximum atomic E-state index is 12.4. The maximum Gasteiger partial charge on any atom is 0.225 e. The Morgan fingerprint density at radius 1 is 1.09 bits per heavy atom. The number of benzene rings is 1. The van der Waals surface area contributed by atoms with Crippen LogP contribution in [0.25, 0.3) is 0 Å². The minimum Gasteiger partial charge on any atom is -0.373 e. The summed E-state index contributed by atoms with van der Waals surface area (Å²) < 4.78 is 6.39. The molecular formula is C26H35N5O2. The molecule has 0 unspecified atom stereocenters. The Labute approximate surface area is 196 Å². The number of ether oxygens (including phenoxy) is 1. The summed E-state index contributed by atoms with van der Waals surface area (Å²) in [5, 5.41) is 0. The molecule has 0 radical (unpaired) electrons. The fraction of sp³-hybridized carbons (Fsp3) is 0.577. The lowest BCUT2D eigenvalue weighted by Gasteiger charge is -2.39. The quantitative estimate of drug-likeness (QED) is 0.695. The van der Waals surface area contributed by atoms with Gasteiger partial charge in [0, 0.05) is 51.5 Å². The number of hydrogen-bond acceptors (Lipinski definition) is 6. The van der Waals surface area contributed by atoms with E-state index in [1.807, 2.05) is 47.5 Å². The Balaban J connectivity index is 1.18. The van der Waals surface area contributed by atoms with Crippen LogP contribution in [-0.2, 0) is 16.1 Å². The number of nitrogens with zero attached hydrogens (tertiary/aromatic N) is 5. The molecule has 2 aromatic rings. The summed E-state index contributed by atoms with van der Waals surface area (Å²) in [5.74, 6) is 0.963. The minimum atomic E-state index is -0.117. The topological polar surface area (TPSA) is 61.8 Å². The maximum absolute atomic E-state index is 12.4. The van der Waals surface area contributed by atoms with Crippen molar-refractivity contribution in [1.82, 2.24) is 14.9 Å². The molecule has 3 aliphatic heterocycles. The lowest BCUT2D eigenvalue weighted by Crippen LogP contribution is -2.45. The lowest BCUT2D eigenvalue weighted by molar-refractivity contribution is -0.117. The van der Waals surface area contributed by atoms with Crippen molar-refractivity contribution in [3.05, 3.63) is 48.3 Å². The van der Waals surface area contributed by atoms with E-state index in [9.17, 15) is 4.79 Å². The fourth-order valence-electron chi connectivity index (χ4n) is 5.64. The summed E-state index contributed by atoms with van der Waals surface area (Å²) in [7, 11) is 0. The summed E-state index contributed by atoms with van der Waals surface area (Å²) in [5.41, 5.74) is 1.94. The summed E-state index contributed by atoms with van der Waals surface area (Å²) in [6, 6.07) is 12.1. The fourth-order valence-corrected chi connectivity index (χ4v) is 5.64. The molecule has 3 fully saturated rings. The van der Waals surface area contributed by atoms with Gasteiger partial charge in [-0.3, -0.25) is 9.69 Å². The third-order valence-corrected chi connectivity index (χ3v) is 7.42. The van der Waals surface area contributed by atoms with E-state index in [0.717, 1.165) is 69.3 Å². The van der Waals surface area contributed by atoms with E-state index in [1.54, 1.807) is 6.92 Å². The van der Waals surface area contributed by atoms with Gasteiger partial charge in [0.1, 0.15) is 0 Å². The van der Waals surface area contributed by atoms with Crippen molar-refractivity contribution in [2.24, 2.45) is 0 Å². The van der Waals surface area contributed by atoms with Gasteiger partial charge in [-0.1, -0.05) is 18.2 Å². The first-order valence-corrected chi connectivity index (χ1v) is 12.4. The second kappa shape index (κ2) is 9.77. The molecule has 4 heterocycles. The average Bonchev–Trinajstić information content (AvgIpc) is 3.25. The first kappa shape index (κ1) is 22.3. The summed E-state index contributed by atoms with van der Waals surface area (Å²) in [6.07, 6.45) is 8.57. The van der Waals surface area contributed by atoms with Crippen LogP contribution < -0.4 is 9.80 Å². The molecule has 0 N–H and O–H groups in total. The number of amides is 1. The van der Waals surface area contributed by atoms with Crippen molar-refractivity contribution in [3.8, 4) is 0 Å². The van der Waals surface area contributed by atoms with Gasteiger partial charge < -0.3 is 14.5 Å². The lowest BCUT2D eigenvalue weighted by atomic mass is 9.87. The molecule has 3 saturated heterocycles. The predicted octanol–water partition coefficient (Wildman–Crippen LogP) is 3.64. The second-order valence-corrected chi connectivity index (χ2v) is 9.75. The molecule has 1 amide bonds. The Morgan fingerprint density at radius 3 is 2.58 bits per heavy atom. The van der Waals surface area contributed by atoms with Crippen LogP contribution in [0.1, 0.15) is 51.1 Å². The predicted molar refractivity (Wildman–Crippen MR) is 129 cm³/mol. The van der Waals surface area contributed by atoms with Gasteiger partial charge in [-0.15, -0.1) is 0 Å². The first-order valence-electron chi connectivity index (χ1n) is 12.4. The van der Waals surface area contributed by atoms with E-state index >= 15 is 0 Å². The van der Waals surface area contributed by atoms with Crippen molar-refractivity contribution in [2.75, 3.05) is 42.6 Å². The van der Waals surface area contributed by atoms with E-state index < -0.39 is 0 Å². The molecule has 1 aromatic carbocycles. The van der Waals surface area contributed by atoms with Crippen LogP contribution in [0, 0.1) is 0 Å². The van der Waals surface area contributed by atoms with Crippen LogP contribution >= 0.6 is 0 Å². The highest BCUT2D eigenvalue weighted by Crippen LogP contribution is 2.39. The molecule has 1 spiro atoms. The molecule has 0 bridgehead atoms. The zero-order chi connectivity index (χ0) is 22.7. The van der Waals surface area contributed by atoms with E-state index in [2.05, 4.69) is 14.8 Å². The Hall–Kier alpha value is -2.51. The Morgan fingerprint density at radius 2 is 1.85 bits per heavy atom. The summed E-state index contributed by atoms with van der Waals surface area (Å²) in [4.78, 5) is 28.5. The molecule has 176 valence electrons. The van der Waals surface area contributed by atoms with Gasteiger partial charge in [-0.05, 0) is 56.7 Å². The van der Waals surface area contributed by atoms with Crippen molar-refractivity contribution in [2.45, 2.75) is 63.6 Å². The molecule has 3 aliphatic rings. The molecule has 1 aromatic heterocycles. The zero-order valence-corrected chi connectivity index (χ0v) is 19.7. The number of para-hydroxylation sites is 1. The third kappa shape index (κ3) is 5.04. The standard InChI is InChI=1S/C26H35N5O2/c1-21(32)31(23-8-4-2-5-9-23)24-18-26(33-20-24)11-16-29(17-12-26)19-22-10-13-27-25(28-22)30-14-6-3-7-15-30/h2,4-5,8-10,13,24H,3,6-7,11-12,14-20H2,1H3/t24-/m0/s1. The van der Waals surface area contributed by atoms with Crippen LogP contribution in [0.15, 0.2) is 42.6 Å². The first-order chi connectivity index (χ1) is 16.1. The van der Waals surface area contributed by atoms with Crippen LogP contribution in [0.5, 0.6) is 0 Å². The van der Waals surface area contributed by atoms with Crippen molar-refractivity contribution in [1.29, 1.82) is 0 Å². The van der Waals surface area contributed by atoms with Gasteiger partial charge in [-0.2, -0.15) is 0 Å². The highest BCUT2D eigenvalue weighted by atomic mass is 16.5. The van der Waals surface area contributed by atoms with E-state index in [0.29, 0.717) is 6.61 Å². The van der Waals surface area contributed by atoms with Gasteiger partial charge in [0.15, 0.2) is 0 Å². The molecule has 7 nitrogen and oxygen atoms in total. The Bertz CT molecular complexity index is 939. The van der Waals surface area contributed by atoms with Crippen molar-refractivity contribution >= 4 is 17.5 Å². The highest BCUT2D eigenvalue weighted by Gasteiger charge is 2.45. The number of rotatable bonds is 5. The van der Waals surface area contributed by atoms with Crippen LogP contribution in [0.4, 0.5) is 11.6 Å². The normalized spacial score (nSPS) is 23.1. The van der Waals surface area contributed by atoms with Crippen LogP contribution in [0.2, 0.25) is 0 Å². The minimum absolute atomic E-state index is 0.0811.